The Labute approximate surface area is 80.2 Å². The van der Waals surface area contributed by atoms with Gasteiger partial charge in [-0.05, 0) is 26.0 Å². The van der Waals surface area contributed by atoms with Crippen molar-refractivity contribution >= 4 is 16.5 Å². The molecule has 0 amide bonds. The Morgan fingerprint density at radius 1 is 1.31 bits per heavy atom. The second-order valence-corrected chi connectivity index (χ2v) is 3.64. The van der Waals surface area contributed by atoms with Crippen molar-refractivity contribution in [3.63, 3.8) is 0 Å². The molecule has 1 N–H and O–H groups in total. The van der Waals surface area contributed by atoms with E-state index in [9.17, 15) is 0 Å². The summed E-state index contributed by atoms with van der Waals surface area (Å²) in [4.78, 5) is 0. The fourth-order valence-electron chi connectivity index (χ4n) is 1.16. The van der Waals surface area contributed by atoms with E-state index in [0.717, 1.165) is 16.5 Å². The Hall–Kier alpha value is -1.36. The molecule has 0 saturated carbocycles. The van der Waals surface area contributed by atoms with Gasteiger partial charge in [-0.25, -0.2) is 0 Å². The quantitative estimate of drug-likeness (QED) is 0.793. The highest BCUT2D eigenvalue weighted by atomic mass is 32.1. The van der Waals surface area contributed by atoms with Crippen molar-refractivity contribution in [3.8, 4) is 0 Å². The van der Waals surface area contributed by atoms with Crippen LogP contribution in [0.1, 0.15) is 11.4 Å². The minimum absolute atomic E-state index is 0.808. The standard InChI is InChI=1S/C8H10N4S/c1-6-3-4-7(2)12(6)11-8-10-9-5-13-8/h3-5H,1-2H3,(H,10,11). The van der Waals surface area contributed by atoms with Gasteiger partial charge in [0, 0.05) is 11.4 Å². The molecule has 13 heavy (non-hydrogen) atoms. The maximum Gasteiger partial charge on any atom is 0.224 e. The molecule has 0 atom stereocenters. The van der Waals surface area contributed by atoms with Gasteiger partial charge in [0.25, 0.3) is 0 Å². The van der Waals surface area contributed by atoms with Crippen molar-refractivity contribution in [2.24, 2.45) is 0 Å². The summed E-state index contributed by atoms with van der Waals surface area (Å²) in [5.74, 6) is 0. The van der Waals surface area contributed by atoms with E-state index in [2.05, 4.69) is 27.8 Å². The molecule has 2 aromatic heterocycles. The zero-order valence-electron chi connectivity index (χ0n) is 7.48. The van der Waals surface area contributed by atoms with Crippen molar-refractivity contribution in [3.05, 3.63) is 29.0 Å². The summed E-state index contributed by atoms with van der Waals surface area (Å²) < 4.78 is 1.99. The van der Waals surface area contributed by atoms with E-state index >= 15 is 0 Å². The number of aryl methyl sites for hydroxylation is 2. The Morgan fingerprint density at radius 2 is 2.00 bits per heavy atom. The molecular formula is C8H10N4S. The Morgan fingerprint density at radius 3 is 2.54 bits per heavy atom. The molecule has 0 aliphatic rings. The minimum Gasteiger partial charge on any atom is -0.267 e. The van der Waals surface area contributed by atoms with Gasteiger partial charge in [0.15, 0.2) is 0 Å². The van der Waals surface area contributed by atoms with Crippen LogP contribution in [0.5, 0.6) is 0 Å². The van der Waals surface area contributed by atoms with Crippen LogP contribution < -0.4 is 5.43 Å². The highest BCUT2D eigenvalue weighted by Crippen LogP contribution is 2.12. The molecule has 2 heterocycles. The number of anilines is 1. The molecule has 0 bridgehead atoms. The Balaban J connectivity index is 2.27. The zero-order valence-corrected chi connectivity index (χ0v) is 8.30. The molecule has 68 valence electrons. The third-order valence-electron chi connectivity index (χ3n) is 1.84. The number of hydrogen-bond acceptors (Lipinski definition) is 4. The van der Waals surface area contributed by atoms with Gasteiger partial charge >= 0.3 is 0 Å². The van der Waals surface area contributed by atoms with E-state index in [1.165, 1.54) is 11.3 Å². The van der Waals surface area contributed by atoms with Crippen LogP contribution in [-0.4, -0.2) is 14.9 Å². The molecule has 0 aliphatic carbocycles. The lowest BCUT2D eigenvalue weighted by atomic mass is 10.5. The highest BCUT2D eigenvalue weighted by molar-refractivity contribution is 7.13. The van der Waals surface area contributed by atoms with Gasteiger partial charge < -0.3 is 0 Å². The number of rotatable bonds is 2. The molecule has 0 saturated heterocycles. The fraction of sp³-hybridized carbons (Fsp3) is 0.250. The van der Waals surface area contributed by atoms with E-state index < -0.39 is 0 Å². The molecule has 0 radical (unpaired) electrons. The van der Waals surface area contributed by atoms with Gasteiger partial charge in [-0.1, -0.05) is 11.3 Å². The lowest BCUT2D eigenvalue weighted by Gasteiger charge is -2.08. The molecule has 2 aromatic rings. The van der Waals surface area contributed by atoms with Crippen LogP contribution >= 0.6 is 11.3 Å². The molecular weight excluding hydrogens is 184 g/mol. The first kappa shape index (κ1) is 8.25. The predicted octanol–water partition coefficient (Wildman–Crippen LogP) is 1.83. The Kier molecular flexibility index (Phi) is 2.02. The normalized spacial score (nSPS) is 10.3. The molecule has 0 aliphatic heterocycles. The number of nitrogens with zero attached hydrogens (tertiary/aromatic N) is 3. The van der Waals surface area contributed by atoms with Gasteiger partial charge in [0.05, 0.1) is 0 Å². The maximum absolute atomic E-state index is 3.91. The average Bonchev–Trinajstić information content (AvgIpc) is 2.70. The van der Waals surface area contributed by atoms with Gasteiger partial charge in [-0.15, -0.1) is 10.2 Å². The van der Waals surface area contributed by atoms with Crippen molar-refractivity contribution in [1.82, 2.24) is 14.9 Å². The van der Waals surface area contributed by atoms with E-state index in [4.69, 9.17) is 0 Å². The molecule has 0 fully saturated rings. The molecule has 0 unspecified atom stereocenters. The van der Waals surface area contributed by atoms with Crippen molar-refractivity contribution in [2.45, 2.75) is 13.8 Å². The molecule has 2 rings (SSSR count). The molecule has 0 aromatic carbocycles. The number of hydrogen-bond donors (Lipinski definition) is 1. The van der Waals surface area contributed by atoms with Crippen LogP contribution in [0.4, 0.5) is 5.13 Å². The van der Waals surface area contributed by atoms with Gasteiger partial charge in [0.1, 0.15) is 5.51 Å². The van der Waals surface area contributed by atoms with Gasteiger partial charge in [-0.2, -0.15) is 0 Å². The first-order chi connectivity index (χ1) is 6.27. The lowest BCUT2D eigenvalue weighted by molar-refractivity contribution is 0.870. The number of aromatic nitrogens is 3. The SMILES string of the molecule is Cc1ccc(C)n1Nc1nncs1. The first-order valence-corrected chi connectivity index (χ1v) is 4.83. The van der Waals surface area contributed by atoms with Gasteiger partial charge in [-0.3, -0.25) is 10.1 Å². The summed E-state index contributed by atoms with van der Waals surface area (Å²) in [6.07, 6.45) is 0. The molecule has 4 nitrogen and oxygen atoms in total. The summed E-state index contributed by atoms with van der Waals surface area (Å²) >= 11 is 1.48. The van der Waals surface area contributed by atoms with Crippen molar-refractivity contribution < 1.29 is 0 Å². The first-order valence-electron chi connectivity index (χ1n) is 3.95. The van der Waals surface area contributed by atoms with Crippen LogP contribution in [0.25, 0.3) is 0 Å². The minimum atomic E-state index is 0.808. The van der Waals surface area contributed by atoms with E-state index in [-0.39, 0.29) is 0 Å². The zero-order chi connectivity index (χ0) is 9.26. The van der Waals surface area contributed by atoms with Gasteiger partial charge in [0.2, 0.25) is 5.13 Å². The third kappa shape index (κ3) is 1.55. The van der Waals surface area contributed by atoms with Crippen molar-refractivity contribution in [2.75, 3.05) is 5.43 Å². The molecule has 0 spiro atoms. The number of nitrogens with one attached hydrogen (secondary N) is 1. The topological polar surface area (TPSA) is 42.7 Å². The maximum atomic E-state index is 3.91. The smallest absolute Gasteiger partial charge is 0.224 e. The van der Waals surface area contributed by atoms with Crippen molar-refractivity contribution in [1.29, 1.82) is 0 Å². The van der Waals surface area contributed by atoms with Crippen LogP contribution in [0, 0.1) is 13.8 Å². The largest absolute Gasteiger partial charge is 0.267 e. The van der Waals surface area contributed by atoms with Crippen LogP contribution in [-0.2, 0) is 0 Å². The second-order valence-electron chi connectivity index (χ2n) is 2.81. The summed E-state index contributed by atoms with van der Waals surface area (Å²) in [6.45, 7) is 4.09. The predicted molar refractivity (Wildman–Crippen MR) is 52.8 cm³/mol. The Bertz CT molecular complexity index is 371. The van der Waals surface area contributed by atoms with E-state index in [0.29, 0.717) is 0 Å². The average molecular weight is 194 g/mol. The van der Waals surface area contributed by atoms with Crippen LogP contribution in [0.3, 0.4) is 0 Å². The molecule has 5 heteroatoms. The summed E-state index contributed by atoms with van der Waals surface area (Å²) in [6, 6.07) is 4.12. The van der Waals surface area contributed by atoms with E-state index in [1.807, 2.05) is 18.5 Å². The fourth-order valence-corrected chi connectivity index (χ4v) is 1.59. The monoisotopic (exact) mass is 194 g/mol. The van der Waals surface area contributed by atoms with Crippen LogP contribution in [0.2, 0.25) is 0 Å². The summed E-state index contributed by atoms with van der Waals surface area (Å²) in [7, 11) is 0. The third-order valence-corrected chi connectivity index (χ3v) is 2.43. The lowest BCUT2D eigenvalue weighted by Crippen LogP contribution is -2.11. The van der Waals surface area contributed by atoms with E-state index in [1.54, 1.807) is 5.51 Å². The van der Waals surface area contributed by atoms with Crippen LogP contribution in [0.15, 0.2) is 17.6 Å². The highest BCUT2D eigenvalue weighted by Gasteiger charge is 2.01. The second kappa shape index (κ2) is 3.18. The summed E-state index contributed by atoms with van der Waals surface area (Å²) in [5, 5.41) is 8.47. The summed E-state index contributed by atoms with van der Waals surface area (Å²) in [5.41, 5.74) is 7.19.